The minimum absolute atomic E-state index is 0.297. The van der Waals surface area contributed by atoms with E-state index in [1.54, 1.807) is 11.6 Å². The molecule has 0 saturated carbocycles. The third kappa shape index (κ3) is 2.91. The van der Waals surface area contributed by atoms with E-state index in [-0.39, 0.29) is 5.97 Å². The molecule has 1 saturated heterocycles. The monoisotopic (exact) mass is 377 g/mol. The van der Waals surface area contributed by atoms with Crippen LogP contribution in [0.5, 0.6) is 0 Å². The maximum atomic E-state index is 12.8. The molecule has 7 nitrogen and oxygen atoms in total. The van der Waals surface area contributed by atoms with Crippen LogP contribution in [-0.4, -0.2) is 35.4 Å². The summed E-state index contributed by atoms with van der Waals surface area (Å²) in [7, 11) is 0. The van der Waals surface area contributed by atoms with Gasteiger partial charge in [-0.3, -0.25) is 0 Å². The Labute approximate surface area is 164 Å². The smallest absolute Gasteiger partial charge is 0.338 e. The summed E-state index contributed by atoms with van der Waals surface area (Å²) < 4.78 is 7.09. The van der Waals surface area contributed by atoms with Gasteiger partial charge in [0.2, 0.25) is 0 Å². The highest BCUT2D eigenvalue weighted by Gasteiger charge is 2.37. The molecule has 0 bridgehead atoms. The summed E-state index contributed by atoms with van der Waals surface area (Å²) in [6.45, 7) is 5.71. The van der Waals surface area contributed by atoms with Gasteiger partial charge in [0.15, 0.2) is 5.82 Å². The Balaban J connectivity index is 1.90. The van der Waals surface area contributed by atoms with E-state index in [0.29, 0.717) is 35.1 Å². The van der Waals surface area contributed by atoms with Crippen LogP contribution in [0.25, 0.3) is 0 Å². The van der Waals surface area contributed by atoms with Gasteiger partial charge in [0, 0.05) is 18.8 Å². The average molecular weight is 377 g/mol. The normalized spacial score (nSPS) is 18.5. The average Bonchev–Trinajstić information content (AvgIpc) is 3.35. The predicted molar refractivity (Wildman–Crippen MR) is 106 cm³/mol. The number of allylic oxidation sites excluding steroid dienone is 1. The van der Waals surface area contributed by atoms with Crippen LogP contribution in [0.4, 0.5) is 11.6 Å². The number of aromatic nitrogens is 2. The Kier molecular flexibility index (Phi) is 4.78. The zero-order valence-corrected chi connectivity index (χ0v) is 16.1. The highest BCUT2D eigenvalue weighted by Crippen LogP contribution is 2.41. The predicted octanol–water partition coefficient (Wildman–Crippen LogP) is 3.21. The molecule has 1 aromatic carbocycles. The first kappa shape index (κ1) is 18.1. The van der Waals surface area contributed by atoms with E-state index in [2.05, 4.69) is 16.3 Å². The molecule has 3 heterocycles. The minimum Gasteiger partial charge on any atom is -0.463 e. The number of nitriles is 1. The Bertz CT molecular complexity index is 965. The van der Waals surface area contributed by atoms with Gasteiger partial charge in [0.05, 0.1) is 12.2 Å². The molecule has 0 amide bonds. The molecule has 2 aliphatic rings. The van der Waals surface area contributed by atoms with Crippen molar-refractivity contribution in [2.75, 3.05) is 29.9 Å². The number of esters is 1. The number of hydrogen-bond donors (Lipinski definition) is 1. The third-order valence-corrected chi connectivity index (χ3v) is 5.25. The Morgan fingerprint density at radius 1 is 1.32 bits per heavy atom. The van der Waals surface area contributed by atoms with Crippen LogP contribution in [0.15, 0.2) is 41.6 Å². The molecular weight excluding hydrogens is 354 g/mol. The highest BCUT2D eigenvalue weighted by molar-refractivity contribution is 5.93. The zero-order chi connectivity index (χ0) is 19.7. The van der Waals surface area contributed by atoms with Crippen molar-refractivity contribution in [3.05, 3.63) is 52.7 Å². The summed E-state index contributed by atoms with van der Waals surface area (Å²) in [5.41, 5.74) is 2.64. The number of carbonyl (C=O) groups is 1. The zero-order valence-electron chi connectivity index (χ0n) is 16.1. The molecule has 1 atom stereocenters. The van der Waals surface area contributed by atoms with Gasteiger partial charge in [-0.1, -0.05) is 30.3 Å². The van der Waals surface area contributed by atoms with E-state index in [1.807, 2.05) is 37.3 Å². The van der Waals surface area contributed by atoms with Gasteiger partial charge in [-0.25, -0.2) is 9.48 Å². The Morgan fingerprint density at radius 2 is 2.04 bits per heavy atom. The number of fused-ring (bicyclic) bond motifs is 1. The first-order valence-electron chi connectivity index (χ1n) is 9.63. The number of ether oxygens (including phenoxy) is 1. The van der Waals surface area contributed by atoms with Gasteiger partial charge in [-0.2, -0.15) is 10.4 Å². The van der Waals surface area contributed by atoms with Gasteiger partial charge in [0.1, 0.15) is 23.5 Å². The largest absolute Gasteiger partial charge is 0.463 e. The van der Waals surface area contributed by atoms with Gasteiger partial charge in [0.25, 0.3) is 0 Å². The molecule has 0 radical (unpaired) electrons. The molecule has 144 valence electrons. The quantitative estimate of drug-likeness (QED) is 0.824. The number of hydrogen-bond acceptors (Lipinski definition) is 6. The van der Waals surface area contributed by atoms with Crippen molar-refractivity contribution in [3.8, 4) is 6.07 Å². The van der Waals surface area contributed by atoms with Crippen LogP contribution < -0.4 is 10.2 Å². The standard InChI is InChI=1S/C21H23N5O2/c1-3-28-21(27)17-14(2)23-19-16(13-22)20(25-11-7-8-12-25)24-26(19)18(17)15-9-5-4-6-10-15/h4-6,9-10,18,23H,3,7-8,11-12H2,1-2H3. The number of carbonyl (C=O) groups excluding carboxylic acids is 1. The number of nitrogens with zero attached hydrogens (tertiary/aromatic N) is 4. The van der Waals surface area contributed by atoms with Gasteiger partial charge in [-0.05, 0) is 32.3 Å². The van der Waals surface area contributed by atoms with E-state index >= 15 is 0 Å². The second-order valence-corrected chi connectivity index (χ2v) is 7.00. The van der Waals surface area contributed by atoms with E-state index in [0.717, 1.165) is 31.5 Å². The molecule has 1 unspecified atom stereocenters. The maximum Gasteiger partial charge on any atom is 0.338 e. The summed E-state index contributed by atoms with van der Waals surface area (Å²) in [6, 6.07) is 11.6. The lowest BCUT2D eigenvalue weighted by Crippen LogP contribution is -2.29. The van der Waals surface area contributed by atoms with Crippen molar-refractivity contribution in [2.45, 2.75) is 32.7 Å². The van der Waals surface area contributed by atoms with Crippen molar-refractivity contribution in [3.63, 3.8) is 0 Å². The van der Waals surface area contributed by atoms with Crippen LogP contribution >= 0.6 is 0 Å². The second-order valence-electron chi connectivity index (χ2n) is 7.00. The van der Waals surface area contributed by atoms with Gasteiger partial charge >= 0.3 is 5.97 Å². The van der Waals surface area contributed by atoms with Crippen LogP contribution in [0.3, 0.4) is 0 Å². The number of benzene rings is 1. The lowest BCUT2D eigenvalue weighted by Gasteiger charge is -2.29. The van der Waals surface area contributed by atoms with E-state index in [4.69, 9.17) is 9.84 Å². The Hall–Kier alpha value is -3.27. The number of nitrogens with one attached hydrogen (secondary N) is 1. The van der Waals surface area contributed by atoms with Crippen molar-refractivity contribution >= 4 is 17.6 Å². The van der Waals surface area contributed by atoms with Crippen molar-refractivity contribution in [2.24, 2.45) is 0 Å². The molecule has 2 aromatic rings. The van der Waals surface area contributed by atoms with Gasteiger partial charge in [-0.15, -0.1) is 0 Å². The van der Waals surface area contributed by atoms with Crippen LogP contribution in [0.1, 0.15) is 43.9 Å². The summed E-state index contributed by atoms with van der Waals surface area (Å²) in [4.78, 5) is 14.9. The molecule has 28 heavy (non-hydrogen) atoms. The lowest BCUT2D eigenvalue weighted by atomic mass is 9.95. The van der Waals surface area contributed by atoms with Crippen molar-refractivity contribution < 1.29 is 9.53 Å². The molecule has 7 heteroatoms. The number of rotatable bonds is 4. The molecule has 1 N–H and O–H groups in total. The highest BCUT2D eigenvalue weighted by atomic mass is 16.5. The second kappa shape index (κ2) is 7.39. The lowest BCUT2D eigenvalue weighted by molar-refractivity contribution is -0.139. The molecule has 1 aromatic heterocycles. The van der Waals surface area contributed by atoms with Crippen molar-refractivity contribution in [1.29, 1.82) is 5.26 Å². The molecule has 1 fully saturated rings. The molecule has 2 aliphatic heterocycles. The Morgan fingerprint density at radius 3 is 2.68 bits per heavy atom. The first-order valence-corrected chi connectivity index (χ1v) is 9.63. The van der Waals surface area contributed by atoms with Crippen molar-refractivity contribution in [1.82, 2.24) is 9.78 Å². The fourth-order valence-corrected chi connectivity index (χ4v) is 3.97. The topological polar surface area (TPSA) is 83.2 Å². The van der Waals surface area contributed by atoms with Crippen LogP contribution in [0.2, 0.25) is 0 Å². The van der Waals surface area contributed by atoms with Gasteiger partial charge < -0.3 is 15.0 Å². The van der Waals surface area contributed by atoms with Crippen LogP contribution in [-0.2, 0) is 9.53 Å². The maximum absolute atomic E-state index is 12.8. The van der Waals surface area contributed by atoms with E-state index < -0.39 is 6.04 Å². The molecule has 4 rings (SSSR count). The summed E-state index contributed by atoms with van der Waals surface area (Å²) in [5, 5.41) is 17.9. The van der Waals surface area contributed by atoms with E-state index in [1.165, 1.54) is 0 Å². The first-order chi connectivity index (χ1) is 13.7. The summed E-state index contributed by atoms with van der Waals surface area (Å²) >= 11 is 0. The summed E-state index contributed by atoms with van der Waals surface area (Å²) in [5.74, 6) is 0.939. The third-order valence-electron chi connectivity index (χ3n) is 5.25. The number of anilines is 2. The minimum atomic E-state index is -0.444. The van der Waals surface area contributed by atoms with Crippen LogP contribution in [0, 0.1) is 11.3 Å². The molecule has 0 aliphatic carbocycles. The summed E-state index contributed by atoms with van der Waals surface area (Å²) in [6.07, 6.45) is 2.18. The fraction of sp³-hybridized carbons (Fsp3) is 0.381. The molecular formula is C21H23N5O2. The SMILES string of the molecule is CCOC(=O)C1=C(C)Nc2c(C#N)c(N3CCCC3)nn2C1c1ccccc1. The van der Waals surface area contributed by atoms with E-state index in [9.17, 15) is 10.1 Å². The molecule has 0 spiro atoms. The fourth-order valence-electron chi connectivity index (χ4n) is 3.97.